The van der Waals surface area contributed by atoms with Gasteiger partial charge in [0, 0.05) is 25.7 Å². The SMILES string of the molecule is C=CC(=O)N1CCN(c2nc(OC)ncc2F)[C@@H](C)C1. The average Bonchev–Trinajstić information content (AvgIpc) is 2.47. The normalized spacial score (nSPS) is 18.9. The molecule has 0 saturated carbocycles. The molecule has 1 aromatic rings. The fraction of sp³-hybridized carbons (Fsp3) is 0.462. The Morgan fingerprint density at radius 2 is 2.35 bits per heavy atom. The maximum Gasteiger partial charge on any atom is 0.318 e. The molecule has 1 amide bonds. The minimum absolute atomic E-state index is 0.0539. The minimum atomic E-state index is -0.499. The Labute approximate surface area is 116 Å². The lowest BCUT2D eigenvalue weighted by Crippen LogP contribution is -2.54. The highest BCUT2D eigenvalue weighted by Gasteiger charge is 2.28. The van der Waals surface area contributed by atoms with E-state index >= 15 is 0 Å². The third-order valence-corrected chi connectivity index (χ3v) is 3.27. The van der Waals surface area contributed by atoms with E-state index in [1.807, 2.05) is 11.8 Å². The summed E-state index contributed by atoms with van der Waals surface area (Å²) in [5, 5.41) is 0. The fourth-order valence-electron chi connectivity index (χ4n) is 2.24. The molecule has 0 bridgehead atoms. The predicted molar refractivity (Wildman–Crippen MR) is 72.1 cm³/mol. The van der Waals surface area contributed by atoms with Gasteiger partial charge in [0.2, 0.25) is 5.91 Å². The van der Waals surface area contributed by atoms with E-state index in [2.05, 4.69) is 16.5 Å². The minimum Gasteiger partial charge on any atom is -0.467 e. The number of amides is 1. The first-order valence-corrected chi connectivity index (χ1v) is 6.31. The molecule has 7 heteroatoms. The molecule has 1 aromatic heterocycles. The first-order chi connectivity index (χ1) is 9.56. The van der Waals surface area contributed by atoms with E-state index in [9.17, 15) is 9.18 Å². The molecule has 0 aliphatic carbocycles. The van der Waals surface area contributed by atoms with Crippen molar-refractivity contribution in [3.63, 3.8) is 0 Å². The van der Waals surface area contributed by atoms with Crippen molar-refractivity contribution in [3.8, 4) is 6.01 Å². The lowest BCUT2D eigenvalue weighted by Gasteiger charge is -2.40. The van der Waals surface area contributed by atoms with Gasteiger partial charge >= 0.3 is 6.01 Å². The number of carbonyl (C=O) groups excluding carboxylic acids is 1. The number of ether oxygens (including phenoxy) is 1. The molecule has 108 valence electrons. The van der Waals surface area contributed by atoms with Crippen LogP contribution in [0.3, 0.4) is 0 Å². The van der Waals surface area contributed by atoms with Crippen molar-refractivity contribution in [2.75, 3.05) is 31.6 Å². The topological polar surface area (TPSA) is 58.6 Å². The summed E-state index contributed by atoms with van der Waals surface area (Å²) >= 11 is 0. The Morgan fingerprint density at radius 1 is 1.60 bits per heavy atom. The quantitative estimate of drug-likeness (QED) is 0.768. The summed E-state index contributed by atoms with van der Waals surface area (Å²) in [6, 6.07) is 0.0694. The van der Waals surface area contributed by atoms with E-state index in [0.717, 1.165) is 6.20 Å². The van der Waals surface area contributed by atoms with Crippen molar-refractivity contribution in [1.29, 1.82) is 0 Å². The summed E-state index contributed by atoms with van der Waals surface area (Å²) in [5.74, 6) is -0.409. The van der Waals surface area contributed by atoms with Crippen LogP contribution in [0, 0.1) is 5.82 Å². The third-order valence-electron chi connectivity index (χ3n) is 3.27. The van der Waals surface area contributed by atoms with Gasteiger partial charge in [0.1, 0.15) is 0 Å². The number of aromatic nitrogens is 2. The summed E-state index contributed by atoms with van der Waals surface area (Å²) in [7, 11) is 1.43. The number of nitrogens with zero attached hydrogens (tertiary/aromatic N) is 4. The van der Waals surface area contributed by atoms with Crippen LogP contribution in [-0.2, 0) is 4.79 Å². The van der Waals surface area contributed by atoms with Gasteiger partial charge in [-0.1, -0.05) is 6.58 Å². The molecule has 2 rings (SSSR count). The lowest BCUT2D eigenvalue weighted by molar-refractivity contribution is -0.126. The number of rotatable bonds is 3. The highest BCUT2D eigenvalue weighted by atomic mass is 19.1. The van der Waals surface area contributed by atoms with Crippen molar-refractivity contribution < 1.29 is 13.9 Å². The van der Waals surface area contributed by atoms with Gasteiger partial charge in [-0.2, -0.15) is 4.98 Å². The Hall–Kier alpha value is -2.18. The molecule has 1 aliphatic rings. The number of carbonyl (C=O) groups is 1. The molecule has 20 heavy (non-hydrogen) atoms. The molecule has 1 fully saturated rings. The molecule has 6 nitrogen and oxygen atoms in total. The first kappa shape index (κ1) is 14.2. The van der Waals surface area contributed by atoms with Crippen molar-refractivity contribution in [1.82, 2.24) is 14.9 Å². The predicted octanol–water partition coefficient (Wildman–Crippen LogP) is 0.847. The molecular formula is C13H17FN4O2. The van der Waals surface area contributed by atoms with Crippen LogP contribution < -0.4 is 9.64 Å². The van der Waals surface area contributed by atoms with Gasteiger partial charge in [-0.3, -0.25) is 4.79 Å². The summed E-state index contributed by atoms with van der Waals surface area (Å²) in [5.41, 5.74) is 0. The third kappa shape index (κ3) is 2.71. The highest BCUT2D eigenvalue weighted by Crippen LogP contribution is 2.23. The zero-order valence-electron chi connectivity index (χ0n) is 11.5. The van der Waals surface area contributed by atoms with E-state index < -0.39 is 5.82 Å². The van der Waals surface area contributed by atoms with Crippen molar-refractivity contribution >= 4 is 11.7 Å². The second kappa shape index (κ2) is 5.85. The fourth-order valence-corrected chi connectivity index (χ4v) is 2.24. The van der Waals surface area contributed by atoms with E-state index in [1.54, 1.807) is 4.90 Å². The largest absolute Gasteiger partial charge is 0.467 e. The van der Waals surface area contributed by atoms with Gasteiger partial charge in [0.15, 0.2) is 11.6 Å². The van der Waals surface area contributed by atoms with Crippen molar-refractivity contribution in [2.24, 2.45) is 0 Å². The summed E-state index contributed by atoms with van der Waals surface area (Å²) in [4.78, 5) is 22.9. The number of halogens is 1. The first-order valence-electron chi connectivity index (χ1n) is 6.31. The Balaban J connectivity index is 2.19. The van der Waals surface area contributed by atoms with Gasteiger partial charge < -0.3 is 14.5 Å². The van der Waals surface area contributed by atoms with Crippen molar-refractivity contribution in [3.05, 3.63) is 24.7 Å². The van der Waals surface area contributed by atoms with Crippen LogP contribution in [0.4, 0.5) is 10.2 Å². The molecule has 0 spiro atoms. The molecule has 2 heterocycles. The standard InChI is InChI=1S/C13H17FN4O2/c1-4-11(19)17-5-6-18(9(2)8-17)12-10(14)7-15-13(16-12)20-3/h4,7,9H,1,5-6,8H2,2-3H3/t9-/m0/s1. The van der Waals surface area contributed by atoms with Gasteiger partial charge in [0.25, 0.3) is 0 Å². The molecule has 1 saturated heterocycles. The summed E-state index contributed by atoms with van der Waals surface area (Å²) in [6.07, 6.45) is 2.38. The van der Waals surface area contributed by atoms with Crippen LogP contribution >= 0.6 is 0 Å². The second-order valence-electron chi connectivity index (χ2n) is 4.56. The molecule has 0 N–H and O–H groups in total. The Morgan fingerprint density at radius 3 is 2.95 bits per heavy atom. The van der Waals surface area contributed by atoms with Gasteiger partial charge in [-0.05, 0) is 13.0 Å². The van der Waals surface area contributed by atoms with Crippen LogP contribution in [0.1, 0.15) is 6.92 Å². The molecule has 1 atom stereocenters. The van der Waals surface area contributed by atoms with E-state index in [1.165, 1.54) is 13.2 Å². The lowest BCUT2D eigenvalue weighted by atomic mass is 10.2. The molecule has 1 aliphatic heterocycles. The number of anilines is 1. The van der Waals surface area contributed by atoms with Gasteiger partial charge in [-0.15, -0.1) is 0 Å². The number of methoxy groups -OCH3 is 1. The van der Waals surface area contributed by atoms with E-state index in [-0.39, 0.29) is 23.8 Å². The van der Waals surface area contributed by atoms with Crippen LogP contribution in [0.15, 0.2) is 18.9 Å². The monoisotopic (exact) mass is 280 g/mol. The Kier molecular flexibility index (Phi) is 4.16. The zero-order chi connectivity index (χ0) is 14.7. The van der Waals surface area contributed by atoms with E-state index in [4.69, 9.17) is 4.74 Å². The number of hydrogen-bond acceptors (Lipinski definition) is 5. The van der Waals surface area contributed by atoms with Crippen molar-refractivity contribution in [2.45, 2.75) is 13.0 Å². The smallest absolute Gasteiger partial charge is 0.318 e. The van der Waals surface area contributed by atoms with Crippen LogP contribution in [-0.4, -0.2) is 53.6 Å². The zero-order valence-corrected chi connectivity index (χ0v) is 11.5. The molecule has 0 radical (unpaired) electrons. The van der Waals surface area contributed by atoms with Crippen LogP contribution in [0.2, 0.25) is 0 Å². The van der Waals surface area contributed by atoms with Gasteiger partial charge in [-0.25, -0.2) is 9.37 Å². The molecular weight excluding hydrogens is 263 g/mol. The average molecular weight is 280 g/mol. The maximum absolute atomic E-state index is 13.9. The van der Waals surface area contributed by atoms with Gasteiger partial charge in [0.05, 0.1) is 13.3 Å². The highest BCUT2D eigenvalue weighted by molar-refractivity contribution is 5.87. The number of piperazine rings is 1. The Bertz CT molecular complexity index is 523. The summed E-state index contributed by atoms with van der Waals surface area (Å²) in [6.45, 7) is 6.88. The van der Waals surface area contributed by atoms with Crippen LogP contribution in [0.25, 0.3) is 0 Å². The van der Waals surface area contributed by atoms with Crippen LogP contribution in [0.5, 0.6) is 6.01 Å². The summed E-state index contributed by atoms with van der Waals surface area (Å²) < 4.78 is 18.8. The van der Waals surface area contributed by atoms with E-state index in [0.29, 0.717) is 19.6 Å². The molecule has 0 aromatic carbocycles. The molecule has 0 unspecified atom stereocenters. The number of hydrogen-bond donors (Lipinski definition) is 0. The second-order valence-corrected chi connectivity index (χ2v) is 4.56. The maximum atomic E-state index is 13.9.